The van der Waals surface area contributed by atoms with Crippen LogP contribution in [0.1, 0.15) is 40.9 Å². The lowest BCUT2D eigenvalue weighted by atomic mass is 9.94. The second kappa shape index (κ2) is 7.16. The summed E-state index contributed by atoms with van der Waals surface area (Å²) in [5, 5.41) is 10.3. The van der Waals surface area contributed by atoms with Crippen LogP contribution in [0, 0.1) is 0 Å². The topological polar surface area (TPSA) is 37.3 Å². The molecule has 4 heteroatoms. The fraction of sp³-hybridized carbons (Fsp3) is 0.235. The van der Waals surface area contributed by atoms with Crippen LogP contribution in [0.2, 0.25) is 0 Å². The highest BCUT2D eigenvalue weighted by Gasteiger charge is 2.22. The van der Waals surface area contributed by atoms with Crippen LogP contribution in [0.3, 0.4) is 0 Å². The maximum Gasteiger partial charge on any atom is 0.196 e. The highest BCUT2D eigenvalue weighted by Crippen LogP contribution is 2.30. The van der Waals surface area contributed by atoms with Crippen molar-refractivity contribution in [1.82, 2.24) is 0 Å². The van der Waals surface area contributed by atoms with Gasteiger partial charge in [0.1, 0.15) is 6.10 Å². The van der Waals surface area contributed by atoms with Gasteiger partial charge in [-0.2, -0.15) is 0 Å². The van der Waals surface area contributed by atoms with Gasteiger partial charge < -0.3 is 5.11 Å². The van der Waals surface area contributed by atoms with E-state index in [-0.39, 0.29) is 5.78 Å². The summed E-state index contributed by atoms with van der Waals surface area (Å²) in [6.07, 6.45) is 0.475. The lowest BCUT2D eigenvalue weighted by molar-refractivity contribution is 0.0746. The van der Waals surface area contributed by atoms with Crippen LogP contribution in [-0.4, -0.2) is 10.9 Å². The number of aliphatic hydroxyl groups excluding tert-OH is 1. The standard InChI is InChI=1S/C17H18O2S2/c1-2-6-13-12(9-10-14(20)17(13)21)16(19)15(18)11-7-4-3-5-8-11/h3-5,7-10,15,18,20-21H,2,6H2,1H3. The average molecular weight is 318 g/mol. The maximum atomic E-state index is 12.6. The molecule has 0 saturated heterocycles. The van der Waals surface area contributed by atoms with Crippen molar-refractivity contribution in [3.63, 3.8) is 0 Å². The van der Waals surface area contributed by atoms with Gasteiger partial charge in [0.25, 0.3) is 0 Å². The zero-order chi connectivity index (χ0) is 15.4. The van der Waals surface area contributed by atoms with Gasteiger partial charge in [0.15, 0.2) is 5.78 Å². The third kappa shape index (κ3) is 3.51. The number of hydrogen-bond donors (Lipinski definition) is 3. The predicted molar refractivity (Wildman–Crippen MR) is 90.7 cm³/mol. The van der Waals surface area contributed by atoms with Crippen molar-refractivity contribution in [2.24, 2.45) is 0 Å². The summed E-state index contributed by atoms with van der Waals surface area (Å²) in [6.45, 7) is 2.04. The van der Waals surface area contributed by atoms with E-state index in [1.165, 1.54) is 0 Å². The molecule has 0 aliphatic carbocycles. The van der Waals surface area contributed by atoms with Crippen LogP contribution >= 0.6 is 25.3 Å². The predicted octanol–water partition coefficient (Wildman–Crippen LogP) is 4.13. The number of carbonyl (C=O) groups excluding carboxylic acids is 1. The van der Waals surface area contributed by atoms with Crippen LogP contribution < -0.4 is 0 Å². The van der Waals surface area contributed by atoms with Crippen LogP contribution in [-0.2, 0) is 6.42 Å². The number of aliphatic hydroxyl groups is 1. The van der Waals surface area contributed by atoms with Gasteiger partial charge in [-0.05, 0) is 29.7 Å². The molecule has 0 aromatic heterocycles. The Morgan fingerprint density at radius 1 is 1.14 bits per heavy atom. The number of benzene rings is 2. The average Bonchev–Trinajstić information content (AvgIpc) is 2.52. The van der Waals surface area contributed by atoms with Crippen molar-refractivity contribution in [3.8, 4) is 0 Å². The molecule has 0 aliphatic heterocycles. The summed E-state index contributed by atoms with van der Waals surface area (Å²) in [4.78, 5) is 14.1. The minimum absolute atomic E-state index is 0.298. The third-order valence-corrected chi connectivity index (χ3v) is 4.45. The van der Waals surface area contributed by atoms with Gasteiger partial charge in [-0.3, -0.25) is 4.79 Å². The number of ketones is 1. The van der Waals surface area contributed by atoms with Crippen molar-refractivity contribution in [1.29, 1.82) is 0 Å². The first-order valence-corrected chi connectivity index (χ1v) is 7.76. The summed E-state index contributed by atoms with van der Waals surface area (Å²) in [5.41, 5.74) is 1.98. The summed E-state index contributed by atoms with van der Waals surface area (Å²) < 4.78 is 0. The highest BCUT2D eigenvalue weighted by atomic mass is 32.1. The van der Waals surface area contributed by atoms with Gasteiger partial charge in [0, 0.05) is 15.4 Å². The van der Waals surface area contributed by atoms with E-state index in [0.717, 1.165) is 23.3 Å². The first kappa shape index (κ1) is 16.1. The van der Waals surface area contributed by atoms with Crippen LogP contribution in [0.4, 0.5) is 0 Å². The Morgan fingerprint density at radius 2 is 1.81 bits per heavy atom. The molecule has 2 rings (SSSR count). The van der Waals surface area contributed by atoms with Crippen molar-refractivity contribution in [2.75, 3.05) is 0 Å². The molecule has 0 heterocycles. The van der Waals surface area contributed by atoms with Crippen molar-refractivity contribution in [2.45, 2.75) is 35.7 Å². The molecule has 1 atom stereocenters. The van der Waals surface area contributed by atoms with Gasteiger partial charge >= 0.3 is 0 Å². The lowest BCUT2D eigenvalue weighted by Crippen LogP contribution is -2.15. The minimum Gasteiger partial charge on any atom is -0.380 e. The second-order valence-electron chi connectivity index (χ2n) is 4.89. The van der Waals surface area contributed by atoms with E-state index in [0.29, 0.717) is 16.0 Å². The largest absolute Gasteiger partial charge is 0.380 e. The fourth-order valence-electron chi connectivity index (χ4n) is 2.29. The Morgan fingerprint density at radius 3 is 2.43 bits per heavy atom. The molecular formula is C17H18O2S2. The quantitative estimate of drug-likeness (QED) is 0.573. The van der Waals surface area contributed by atoms with Crippen LogP contribution in [0.5, 0.6) is 0 Å². The van der Waals surface area contributed by atoms with Gasteiger partial charge in [-0.25, -0.2) is 0 Å². The molecule has 0 radical (unpaired) electrons. The summed E-state index contributed by atoms with van der Waals surface area (Å²) in [6, 6.07) is 12.4. The van der Waals surface area contributed by atoms with Gasteiger partial charge in [0.05, 0.1) is 0 Å². The van der Waals surface area contributed by atoms with Crippen LogP contribution in [0.25, 0.3) is 0 Å². The molecular weight excluding hydrogens is 300 g/mol. The first-order valence-electron chi connectivity index (χ1n) is 6.87. The smallest absolute Gasteiger partial charge is 0.196 e. The van der Waals surface area contributed by atoms with Crippen LogP contribution in [0.15, 0.2) is 52.3 Å². The van der Waals surface area contributed by atoms with Crippen molar-refractivity contribution in [3.05, 3.63) is 59.2 Å². The van der Waals surface area contributed by atoms with E-state index in [1.54, 1.807) is 36.4 Å². The highest BCUT2D eigenvalue weighted by molar-refractivity contribution is 7.83. The lowest BCUT2D eigenvalue weighted by Gasteiger charge is -2.16. The summed E-state index contributed by atoms with van der Waals surface area (Å²) >= 11 is 8.80. The minimum atomic E-state index is -1.15. The molecule has 1 unspecified atom stereocenters. The molecule has 0 amide bonds. The number of rotatable bonds is 5. The zero-order valence-corrected chi connectivity index (χ0v) is 13.6. The van der Waals surface area contributed by atoms with Crippen molar-refractivity contribution >= 4 is 31.0 Å². The molecule has 1 N–H and O–H groups in total. The molecule has 0 bridgehead atoms. The van der Waals surface area contributed by atoms with E-state index in [2.05, 4.69) is 25.3 Å². The fourth-order valence-corrected chi connectivity index (χ4v) is 2.81. The summed E-state index contributed by atoms with van der Waals surface area (Å²) in [7, 11) is 0. The molecule has 0 spiro atoms. The van der Waals surface area contributed by atoms with E-state index < -0.39 is 6.10 Å². The SMILES string of the molecule is CCCc1c(C(=O)C(O)c2ccccc2)ccc(S)c1S. The van der Waals surface area contributed by atoms with E-state index in [1.807, 2.05) is 13.0 Å². The Bertz CT molecular complexity index is 639. The third-order valence-electron chi connectivity index (χ3n) is 3.39. The van der Waals surface area contributed by atoms with Gasteiger partial charge in [-0.1, -0.05) is 43.7 Å². The monoisotopic (exact) mass is 318 g/mol. The number of hydrogen-bond acceptors (Lipinski definition) is 4. The normalized spacial score (nSPS) is 12.2. The Hall–Kier alpha value is -1.23. The molecule has 110 valence electrons. The number of carbonyl (C=O) groups is 1. The molecule has 0 saturated carbocycles. The first-order chi connectivity index (χ1) is 10.1. The molecule has 2 aromatic rings. The van der Waals surface area contributed by atoms with Gasteiger partial charge in [0.2, 0.25) is 0 Å². The van der Waals surface area contributed by atoms with Gasteiger partial charge in [-0.15, -0.1) is 25.3 Å². The molecule has 0 aliphatic rings. The zero-order valence-electron chi connectivity index (χ0n) is 11.8. The Balaban J connectivity index is 2.41. The Kier molecular flexibility index (Phi) is 5.51. The molecule has 21 heavy (non-hydrogen) atoms. The van der Waals surface area contributed by atoms with E-state index >= 15 is 0 Å². The van der Waals surface area contributed by atoms with E-state index in [4.69, 9.17) is 0 Å². The van der Waals surface area contributed by atoms with Crippen molar-refractivity contribution < 1.29 is 9.90 Å². The molecule has 2 aromatic carbocycles. The maximum absolute atomic E-state index is 12.6. The number of thiol groups is 2. The second-order valence-corrected chi connectivity index (χ2v) is 5.82. The number of Topliss-reactive ketones (excluding diaryl/α,β-unsaturated/α-hetero) is 1. The van der Waals surface area contributed by atoms with E-state index in [9.17, 15) is 9.90 Å². The summed E-state index contributed by atoms with van der Waals surface area (Å²) in [5.74, 6) is -0.298. The molecule has 2 nitrogen and oxygen atoms in total. The Labute approximate surface area is 136 Å². The molecule has 0 fully saturated rings.